The maximum absolute atomic E-state index is 13.5. The number of carbonyl (C=O) groups excluding carboxylic acids is 1. The molecular formula is C21H15F6N5O3S. The second kappa shape index (κ2) is 8.96. The number of carbonyl (C=O) groups is 1. The lowest BCUT2D eigenvalue weighted by atomic mass is 10.1. The van der Waals surface area contributed by atoms with Crippen LogP contribution in [0, 0.1) is 0 Å². The third kappa shape index (κ3) is 5.19. The molecule has 36 heavy (non-hydrogen) atoms. The van der Waals surface area contributed by atoms with Crippen molar-refractivity contribution in [1.82, 2.24) is 9.97 Å². The molecule has 0 fully saturated rings. The number of alkyl halides is 6. The number of halogens is 6. The second-order valence-electron chi connectivity index (χ2n) is 7.63. The van der Waals surface area contributed by atoms with E-state index in [2.05, 4.69) is 25.9 Å². The number of aromatic nitrogens is 2. The Kier molecular flexibility index (Phi) is 6.28. The summed E-state index contributed by atoms with van der Waals surface area (Å²) in [5, 5.41) is 7.77. The van der Waals surface area contributed by atoms with E-state index in [-0.39, 0.29) is 23.8 Å². The molecule has 3 aromatic rings. The van der Waals surface area contributed by atoms with E-state index in [9.17, 15) is 39.6 Å². The first kappa shape index (κ1) is 25.2. The number of hydrogen-bond donors (Lipinski definition) is 3. The molecule has 1 aliphatic heterocycles. The Balaban J connectivity index is 1.58. The molecule has 15 heteroatoms. The molecule has 0 unspecified atom stereocenters. The van der Waals surface area contributed by atoms with E-state index < -0.39 is 44.3 Å². The van der Waals surface area contributed by atoms with Crippen LogP contribution in [0.5, 0.6) is 0 Å². The van der Waals surface area contributed by atoms with Crippen LogP contribution < -0.4 is 16.0 Å². The van der Waals surface area contributed by atoms with Crippen LogP contribution in [0.2, 0.25) is 0 Å². The Morgan fingerprint density at radius 2 is 1.78 bits per heavy atom. The molecule has 190 valence electrons. The van der Waals surface area contributed by atoms with Crippen molar-refractivity contribution in [3.05, 3.63) is 65.4 Å². The monoisotopic (exact) mass is 531 g/mol. The summed E-state index contributed by atoms with van der Waals surface area (Å²) >= 11 is 0. The van der Waals surface area contributed by atoms with Crippen LogP contribution in [0.1, 0.15) is 16.7 Å². The second-order valence-corrected chi connectivity index (χ2v) is 9.57. The number of sulfone groups is 1. The summed E-state index contributed by atoms with van der Waals surface area (Å²) in [4.78, 5) is 18.0. The van der Waals surface area contributed by atoms with Crippen LogP contribution in [0.3, 0.4) is 0 Å². The first-order valence-corrected chi connectivity index (χ1v) is 11.5. The molecule has 0 aliphatic carbocycles. The van der Waals surface area contributed by atoms with E-state index in [1.165, 1.54) is 6.07 Å². The molecule has 0 radical (unpaired) electrons. The maximum atomic E-state index is 13.5. The molecule has 0 bridgehead atoms. The fourth-order valence-electron chi connectivity index (χ4n) is 3.36. The highest BCUT2D eigenvalue weighted by Crippen LogP contribution is 2.35. The Hall–Kier alpha value is -3.88. The Labute approximate surface area is 199 Å². The van der Waals surface area contributed by atoms with Gasteiger partial charge in [0.15, 0.2) is 0 Å². The zero-order valence-corrected chi connectivity index (χ0v) is 18.6. The van der Waals surface area contributed by atoms with E-state index in [1.54, 1.807) is 18.2 Å². The van der Waals surface area contributed by atoms with Gasteiger partial charge in [-0.1, -0.05) is 12.1 Å². The summed E-state index contributed by atoms with van der Waals surface area (Å²) in [7, 11) is -5.63. The third-order valence-corrected chi connectivity index (χ3v) is 6.54. The summed E-state index contributed by atoms with van der Waals surface area (Å²) < 4.78 is 102. The molecule has 2 aromatic carbocycles. The Morgan fingerprint density at radius 3 is 2.47 bits per heavy atom. The molecule has 3 N–H and O–H groups in total. The summed E-state index contributed by atoms with van der Waals surface area (Å²) in [6.07, 6.45) is -4.20. The molecule has 0 saturated heterocycles. The topological polar surface area (TPSA) is 113 Å². The minimum absolute atomic E-state index is 0.0302. The SMILES string of the molecule is O=C1Cc2cc(Nc3ncc(C(F)(F)F)c(NCc4cccc(S(=O)(=O)C(F)(F)F)c4)n3)ccc2N1. The predicted octanol–water partition coefficient (Wildman–Crippen LogP) is 4.64. The lowest BCUT2D eigenvalue weighted by Gasteiger charge is -2.15. The fraction of sp³-hybridized carbons (Fsp3) is 0.190. The van der Waals surface area contributed by atoms with Crippen LogP contribution in [0.25, 0.3) is 0 Å². The summed E-state index contributed by atoms with van der Waals surface area (Å²) in [5.41, 5.74) is -5.12. The summed E-state index contributed by atoms with van der Waals surface area (Å²) in [5.74, 6) is -1.11. The van der Waals surface area contributed by atoms with Crippen molar-refractivity contribution < 1.29 is 39.6 Å². The molecule has 0 saturated carbocycles. The van der Waals surface area contributed by atoms with E-state index in [4.69, 9.17) is 0 Å². The molecule has 2 heterocycles. The van der Waals surface area contributed by atoms with E-state index in [1.807, 2.05) is 0 Å². The fourth-order valence-corrected chi connectivity index (χ4v) is 4.19. The Morgan fingerprint density at radius 1 is 1.03 bits per heavy atom. The Bertz CT molecular complexity index is 1440. The van der Waals surface area contributed by atoms with Gasteiger partial charge in [-0.05, 0) is 41.5 Å². The van der Waals surface area contributed by atoms with Crippen LogP contribution in [-0.4, -0.2) is 29.8 Å². The van der Waals surface area contributed by atoms with Crippen molar-refractivity contribution in [3.63, 3.8) is 0 Å². The van der Waals surface area contributed by atoms with Gasteiger partial charge in [0, 0.05) is 24.1 Å². The van der Waals surface area contributed by atoms with Gasteiger partial charge < -0.3 is 16.0 Å². The van der Waals surface area contributed by atoms with Crippen molar-refractivity contribution in [2.45, 2.75) is 29.5 Å². The van der Waals surface area contributed by atoms with Gasteiger partial charge in [0.25, 0.3) is 9.84 Å². The molecule has 4 rings (SSSR count). The van der Waals surface area contributed by atoms with Gasteiger partial charge in [-0.2, -0.15) is 31.3 Å². The van der Waals surface area contributed by atoms with Crippen molar-refractivity contribution in [2.24, 2.45) is 0 Å². The van der Waals surface area contributed by atoms with Crippen LogP contribution >= 0.6 is 0 Å². The normalized spacial score (nSPS) is 13.8. The van der Waals surface area contributed by atoms with Crippen LogP contribution in [0.4, 0.5) is 49.5 Å². The van der Waals surface area contributed by atoms with Gasteiger partial charge in [-0.3, -0.25) is 4.79 Å². The zero-order valence-electron chi connectivity index (χ0n) is 17.8. The first-order valence-electron chi connectivity index (χ1n) is 10.0. The molecule has 0 atom stereocenters. The van der Waals surface area contributed by atoms with Gasteiger partial charge in [-0.25, -0.2) is 13.4 Å². The lowest BCUT2D eigenvalue weighted by Crippen LogP contribution is -2.23. The average Bonchev–Trinajstić information content (AvgIpc) is 3.16. The highest BCUT2D eigenvalue weighted by molar-refractivity contribution is 7.92. The van der Waals surface area contributed by atoms with Crippen molar-refractivity contribution in [1.29, 1.82) is 0 Å². The van der Waals surface area contributed by atoms with E-state index >= 15 is 0 Å². The number of rotatable bonds is 6. The predicted molar refractivity (Wildman–Crippen MR) is 116 cm³/mol. The van der Waals surface area contributed by atoms with Crippen molar-refractivity contribution in [3.8, 4) is 0 Å². The van der Waals surface area contributed by atoms with Gasteiger partial charge >= 0.3 is 11.7 Å². The molecule has 1 amide bonds. The quantitative estimate of drug-likeness (QED) is 0.398. The number of benzene rings is 2. The average molecular weight is 531 g/mol. The standard InChI is InChI=1S/C21H15F6N5O3S/c22-20(23,24)15-10-29-19(30-13-4-5-16-12(7-13)8-17(33)31-16)32-18(15)28-9-11-2-1-3-14(6-11)36(34,35)21(25,26)27/h1-7,10H,8-9H2,(H,31,33)(H2,28,29,30,32). The highest BCUT2D eigenvalue weighted by Gasteiger charge is 2.46. The largest absolute Gasteiger partial charge is 0.501 e. The number of fused-ring (bicyclic) bond motifs is 1. The highest BCUT2D eigenvalue weighted by atomic mass is 32.2. The van der Waals surface area contributed by atoms with Gasteiger partial charge in [0.1, 0.15) is 11.4 Å². The van der Waals surface area contributed by atoms with Gasteiger partial charge in [0.2, 0.25) is 11.9 Å². The zero-order chi connectivity index (χ0) is 26.3. The van der Waals surface area contributed by atoms with Crippen molar-refractivity contribution in [2.75, 3.05) is 16.0 Å². The minimum Gasteiger partial charge on any atom is -0.365 e. The lowest BCUT2D eigenvalue weighted by molar-refractivity contribution is -0.137. The molecule has 1 aliphatic rings. The number of nitrogens with zero attached hydrogens (tertiary/aromatic N) is 2. The van der Waals surface area contributed by atoms with Crippen LogP contribution in [0.15, 0.2) is 53.6 Å². The van der Waals surface area contributed by atoms with E-state index in [0.29, 0.717) is 29.2 Å². The molecule has 1 aromatic heterocycles. The smallest absolute Gasteiger partial charge is 0.365 e. The molecular weight excluding hydrogens is 516 g/mol. The summed E-state index contributed by atoms with van der Waals surface area (Å²) in [6, 6.07) is 8.51. The first-order chi connectivity index (χ1) is 16.7. The van der Waals surface area contributed by atoms with Gasteiger partial charge in [0.05, 0.1) is 11.3 Å². The van der Waals surface area contributed by atoms with E-state index in [0.717, 1.165) is 12.1 Å². The maximum Gasteiger partial charge on any atom is 0.501 e. The third-order valence-electron chi connectivity index (χ3n) is 5.05. The number of anilines is 4. The number of hydrogen-bond acceptors (Lipinski definition) is 7. The minimum atomic E-state index is -5.63. The van der Waals surface area contributed by atoms with Crippen LogP contribution in [-0.2, 0) is 33.8 Å². The molecule has 8 nitrogen and oxygen atoms in total. The van der Waals surface area contributed by atoms with Crippen molar-refractivity contribution >= 4 is 38.9 Å². The summed E-state index contributed by atoms with van der Waals surface area (Å²) in [6.45, 7) is -0.465. The molecule has 0 spiro atoms. The number of nitrogens with one attached hydrogen (secondary N) is 3. The number of amides is 1. The van der Waals surface area contributed by atoms with Gasteiger partial charge in [-0.15, -0.1) is 0 Å².